The quantitative estimate of drug-likeness (QED) is 0.791. The first-order valence-corrected chi connectivity index (χ1v) is 9.86. The minimum absolute atomic E-state index is 0.0179. The lowest BCUT2D eigenvalue weighted by Crippen LogP contribution is -2.62. The van der Waals surface area contributed by atoms with Gasteiger partial charge in [0, 0.05) is 38.0 Å². The van der Waals surface area contributed by atoms with Crippen LogP contribution >= 0.6 is 0 Å². The molecular formula is C17H23NO5S. The third kappa shape index (κ3) is 3.48. The molecule has 0 unspecified atom stereocenters. The van der Waals surface area contributed by atoms with Crippen LogP contribution in [0.1, 0.15) is 12.8 Å². The van der Waals surface area contributed by atoms with Gasteiger partial charge in [0.2, 0.25) is 5.91 Å². The van der Waals surface area contributed by atoms with E-state index in [1.807, 2.05) is 0 Å². The van der Waals surface area contributed by atoms with E-state index in [4.69, 9.17) is 9.47 Å². The van der Waals surface area contributed by atoms with Crippen molar-refractivity contribution in [3.63, 3.8) is 0 Å². The molecule has 132 valence electrons. The summed E-state index contributed by atoms with van der Waals surface area (Å²) in [6, 6.07) is 8.23. The van der Waals surface area contributed by atoms with Gasteiger partial charge < -0.3 is 14.8 Å². The molecular weight excluding hydrogens is 330 g/mol. The van der Waals surface area contributed by atoms with Crippen molar-refractivity contribution >= 4 is 15.7 Å². The van der Waals surface area contributed by atoms with E-state index in [2.05, 4.69) is 5.32 Å². The lowest BCUT2D eigenvalue weighted by atomic mass is 9.67. The molecule has 0 aromatic heterocycles. The normalized spacial score (nSPS) is 28.9. The standard InChI is InChI=1S/C17H23NO5S/c1-22-11-14-16(13-7-9-23-17(13)14)18-15(19)8-10-24(20,21)12-5-3-2-4-6-12/h2-6,13-14,16-17H,7-11H2,1H3,(H,18,19)/t13-,14+,16-,17-/m1/s1. The second-order valence-corrected chi connectivity index (χ2v) is 8.49. The molecule has 6 nitrogen and oxygen atoms in total. The van der Waals surface area contributed by atoms with E-state index in [9.17, 15) is 13.2 Å². The lowest BCUT2D eigenvalue weighted by Gasteiger charge is -2.47. The number of carbonyl (C=O) groups excluding carboxylic acids is 1. The summed E-state index contributed by atoms with van der Waals surface area (Å²) in [5.41, 5.74) is 0. The molecule has 4 atom stereocenters. The molecule has 1 aliphatic heterocycles. The van der Waals surface area contributed by atoms with Crippen LogP contribution in [0.4, 0.5) is 0 Å². The number of rotatable bonds is 7. The summed E-state index contributed by atoms with van der Waals surface area (Å²) < 4.78 is 35.4. The van der Waals surface area contributed by atoms with Gasteiger partial charge >= 0.3 is 0 Å². The topological polar surface area (TPSA) is 81.7 Å². The van der Waals surface area contributed by atoms with Crippen LogP contribution in [0.15, 0.2) is 35.2 Å². The molecule has 3 rings (SSSR count). The number of nitrogens with one attached hydrogen (secondary N) is 1. The van der Waals surface area contributed by atoms with Crippen molar-refractivity contribution in [3.8, 4) is 0 Å². The number of amides is 1. The Morgan fingerprint density at radius 3 is 2.79 bits per heavy atom. The van der Waals surface area contributed by atoms with Gasteiger partial charge in [-0.3, -0.25) is 4.79 Å². The highest BCUT2D eigenvalue weighted by Crippen LogP contribution is 2.43. The summed E-state index contributed by atoms with van der Waals surface area (Å²) >= 11 is 0. The van der Waals surface area contributed by atoms with Gasteiger partial charge in [0.1, 0.15) is 0 Å². The first-order chi connectivity index (χ1) is 11.5. The fraction of sp³-hybridized carbons (Fsp3) is 0.588. The zero-order valence-electron chi connectivity index (χ0n) is 13.7. The second kappa shape index (κ2) is 7.21. The lowest BCUT2D eigenvalue weighted by molar-refractivity contribution is -0.129. The minimum Gasteiger partial charge on any atom is -0.384 e. The molecule has 0 bridgehead atoms. The average molecular weight is 353 g/mol. The summed E-state index contributed by atoms with van der Waals surface area (Å²) in [5, 5.41) is 2.98. The van der Waals surface area contributed by atoms with Crippen LogP contribution in [0.25, 0.3) is 0 Å². The molecule has 1 N–H and O–H groups in total. The van der Waals surface area contributed by atoms with Crippen LogP contribution < -0.4 is 5.32 Å². The number of carbonyl (C=O) groups is 1. The molecule has 7 heteroatoms. The van der Waals surface area contributed by atoms with Gasteiger partial charge in [-0.2, -0.15) is 0 Å². The van der Waals surface area contributed by atoms with Crippen LogP contribution in [-0.2, 0) is 24.1 Å². The maximum atomic E-state index is 12.2. The van der Waals surface area contributed by atoms with Crippen molar-refractivity contribution in [1.29, 1.82) is 0 Å². The third-order valence-corrected chi connectivity index (χ3v) is 6.65. The van der Waals surface area contributed by atoms with E-state index >= 15 is 0 Å². The van der Waals surface area contributed by atoms with E-state index < -0.39 is 9.84 Å². The van der Waals surface area contributed by atoms with Crippen LogP contribution in [0.5, 0.6) is 0 Å². The second-order valence-electron chi connectivity index (χ2n) is 6.38. The first-order valence-electron chi connectivity index (χ1n) is 8.20. The zero-order valence-corrected chi connectivity index (χ0v) is 14.5. The molecule has 2 fully saturated rings. The van der Waals surface area contributed by atoms with E-state index in [1.54, 1.807) is 37.4 Å². The summed E-state index contributed by atoms with van der Waals surface area (Å²) in [6.07, 6.45) is 1.05. The van der Waals surface area contributed by atoms with Gasteiger partial charge in [-0.15, -0.1) is 0 Å². The fourth-order valence-electron chi connectivity index (χ4n) is 3.67. The number of hydrogen-bond donors (Lipinski definition) is 1. The van der Waals surface area contributed by atoms with Crippen LogP contribution in [0, 0.1) is 11.8 Å². The maximum Gasteiger partial charge on any atom is 0.221 e. The van der Waals surface area contributed by atoms with Gasteiger partial charge in [0.25, 0.3) is 0 Å². The molecule has 1 heterocycles. The van der Waals surface area contributed by atoms with E-state index in [1.165, 1.54) is 0 Å². The highest BCUT2D eigenvalue weighted by Gasteiger charge is 2.54. The molecule has 0 spiro atoms. The van der Waals surface area contributed by atoms with Crippen LogP contribution in [0.3, 0.4) is 0 Å². The maximum absolute atomic E-state index is 12.2. The Bertz CT molecular complexity index is 675. The average Bonchev–Trinajstić information content (AvgIpc) is 3.01. The Morgan fingerprint density at radius 1 is 1.33 bits per heavy atom. The number of ether oxygens (including phenoxy) is 2. The molecule has 0 radical (unpaired) electrons. The fourth-order valence-corrected chi connectivity index (χ4v) is 4.93. The molecule has 1 amide bonds. The molecule has 1 aliphatic carbocycles. The van der Waals surface area contributed by atoms with Gasteiger partial charge in [-0.05, 0) is 18.6 Å². The number of sulfone groups is 1. The third-order valence-electron chi connectivity index (χ3n) is 4.91. The van der Waals surface area contributed by atoms with Crippen molar-refractivity contribution in [1.82, 2.24) is 5.32 Å². The number of hydrogen-bond acceptors (Lipinski definition) is 5. The number of methoxy groups -OCH3 is 1. The van der Waals surface area contributed by atoms with Gasteiger partial charge in [0.15, 0.2) is 9.84 Å². The Morgan fingerprint density at radius 2 is 2.08 bits per heavy atom. The number of fused-ring (bicyclic) bond motifs is 1. The molecule has 1 saturated heterocycles. The molecule has 1 aromatic carbocycles. The Balaban J connectivity index is 1.54. The highest BCUT2D eigenvalue weighted by atomic mass is 32.2. The molecule has 24 heavy (non-hydrogen) atoms. The first kappa shape index (κ1) is 17.4. The number of benzene rings is 1. The summed E-state index contributed by atoms with van der Waals surface area (Å²) in [5.74, 6) is 0.0535. The van der Waals surface area contributed by atoms with Gasteiger partial charge in [0.05, 0.1) is 23.4 Å². The van der Waals surface area contributed by atoms with Crippen molar-refractivity contribution in [2.24, 2.45) is 11.8 Å². The monoisotopic (exact) mass is 353 g/mol. The van der Waals surface area contributed by atoms with Gasteiger partial charge in [-0.25, -0.2) is 8.42 Å². The van der Waals surface area contributed by atoms with E-state index in [0.29, 0.717) is 19.1 Å². The Labute approximate surface area is 142 Å². The van der Waals surface area contributed by atoms with Crippen molar-refractivity contribution < 1.29 is 22.7 Å². The highest BCUT2D eigenvalue weighted by molar-refractivity contribution is 7.91. The van der Waals surface area contributed by atoms with Gasteiger partial charge in [-0.1, -0.05) is 18.2 Å². The minimum atomic E-state index is -3.43. The van der Waals surface area contributed by atoms with E-state index in [0.717, 1.165) is 6.42 Å². The predicted molar refractivity (Wildman–Crippen MR) is 88.3 cm³/mol. The SMILES string of the molecule is COC[C@H]1[C@H](NC(=O)CCS(=O)(=O)c2ccccc2)[C@H]2CCO[C@H]21. The predicted octanol–water partition coefficient (Wildman–Crippen LogP) is 1.02. The smallest absolute Gasteiger partial charge is 0.221 e. The van der Waals surface area contributed by atoms with Crippen LogP contribution in [0.2, 0.25) is 0 Å². The van der Waals surface area contributed by atoms with Crippen molar-refractivity contribution in [3.05, 3.63) is 30.3 Å². The summed E-state index contributed by atoms with van der Waals surface area (Å²) in [6.45, 7) is 1.25. The Kier molecular flexibility index (Phi) is 5.22. The molecule has 1 aromatic rings. The van der Waals surface area contributed by atoms with Crippen LogP contribution in [-0.4, -0.2) is 52.5 Å². The van der Waals surface area contributed by atoms with E-state index in [-0.39, 0.29) is 41.0 Å². The van der Waals surface area contributed by atoms with Crippen molar-refractivity contribution in [2.45, 2.75) is 29.9 Å². The largest absolute Gasteiger partial charge is 0.384 e. The Hall–Kier alpha value is -1.44. The molecule has 1 saturated carbocycles. The zero-order chi connectivity index (χ0) is 17.2. The molecule has 2 aliphatic rings. The van der Waals surface area contributed by atoms with Crippen molar-refractivity contribution in [2.75, 3.05) is 26.1 Å². The summed E-state index contributed by atoms with van der Waals surface area (Å²) in [4.78, 5) is 12.5. The summed E-state index contributed by atoms with van der Waals surface area (Å²) in [7, 11) is -1.80.